The molecule has 8 rings (SSSR count). The van der Waals surface area contributed by atoms with Crippen molar-refractivity contribution < 1.29 is 0 Å². The summed E-state index contributed by atoms with van der Waals surface area (Å²) in [5.74, 6) is 1.10. The van der Waals surface area contributed by atoms with Gasteiger partial charge in [0.1, 0.15) is 0 Å². The van der Waals surface area contributed by atoms with Crippen LogP contribution < -0.4 is 0 Å². The molecule has 0 aliphatic heterocycles. The van der Waals surface area contributed by atoms with E-state index < -0.39 is 0 Å². The van der Waals surface area contributed by atoms with Gasteiger partial charge in [0.25, 0.3) is 0 Å². The Morgan fingerprint density at radius 1 is 0.349 bits per heavy atom. The molecule has 0 unspecified atom stereocenters. The standard InChI is InChI=1S/C39H24ClN3/c40-39-42-37(41-38(43-39)36-24-29-12-4-5-16-32(29)34-17-6-7-18-35(34)36)30-15-8-13-28(23-30)31-19-9-14-27-22-26(20-21-33(27)31)25-10-2-1-3-11-25/h1-24H. The summed E-state index contributed by atoms with van der Waals surface area (Å²) >= 11 is 6.56. The summed E-state index contributed by atoms with van der Waals surface area (Å²) in [7, 11) is 0. The van der Waals surface area contributed by atoms with Gasteiger partial charge in [0.2, 0.25) is 5.28 Å². The van der Waals surface area contributed by atoms with Crippen LogP contribution in [0.1, 0.15) is 0 Å². The minimum absolute atomic E-state index is 0.168. The highest BCUT2D eigenvalue weighted by Crippen LogP contribution is 2.36. The first-order valence-corrected chi connectivity index (χ1v) is 14.6. The van der Waals surface area contributed by atoms with Gasteiger partial charge in [-0.15, -0.1) is 0 Å². The third-order valence-electron chi connectivity index (χ3n) is 8.04. The number of nitrogens with zero attached hydrogens (tertiary/aromatic N) is 3. The van der Waals surface area contributed by atoms with Crippen molar-refractivity contribution >= 4 is 43.9 Å². The monoisotopic (exact) mass is 569 g/mol. The lowest BCUT2D eigenvalue weighted by Gasteiger charge is -2.12. The van der Waals surface area contributed by atoms with E-state index in [-0.39, 0.29) is 5.28 Å². The summed E-state index contributed by atoms with van der Waals surface area (Å²) in [5, 5.41) is 7.11. The summed E-state index contributed by atoms with van der Waals surface area (Å²) < 4.78 is 0. The van der Waals surface area contributed by atoms with Crippen LogP contribution in [-0.4, -0.2) is 15.0 Å². The van der Waals surface area contributed by atoms with E-state index in [4.69, 9.17) is 16.6 Å². The number of hydrogen-bond acceptors (Lipinski definition) is 3. The number of halogens is 1. The average molecular weight is 570 g/mol. The molecule has 0 bridgehead atoms. The van der Waals surface area contributed by atoms with Gasteiger partial charge < -0.3 is 0 Å². The molecule has 0 aliphatic carbocycles. The zero-order valence-electron chi connectivity index (χ0n) is 23.1. The van der Waals surface area contributed by atoms with Crippen molar-refractivity contribution in [3.63, 3.8) is 0 Å². The predicted octanol–water partition coefficient (Wildman–Crippen LogP) is 10.7. The molecular formula is C39H24ClN3. The fourth-order valence-corrected chi connectivity index (χ4v) is 6.17. The molecule has 7 aromatic carbocycles. The molecule has 202 valence electrons. The molecule has 0 saturated heterocycles. The summed E-state index contributed by atoms with van der Waals surface area (Å²) in [4.78, 5) is 14.1. The van der Waals surface area contributed by atoms with Crippen LogP contribution in [0.3, 0.4) is 0 Å². The molecule has 8 aromatic rings. The Morgan fingerprint density at radius 3 is 1.88 bits per heavy atom. The van der Waals surface area contributed by atoms with Gasteiger partial charge in [-0.25, -0.2) is 4.98 Å². The van der Waals surface area contributed by atoms with Crippen LogP contribution in [0.2, 0.25) is 5.28 Å². The molecule has 0 saturated carbocycles. The van der Waals surface area contributed by atoms with E-state index in [1.807, 2.05) is 30.3 Å². The molecule has 0 spiro atoms. The van der Waals surface area contributed by atoms with Crippen molar-refractivity contribution in [1.29, 1.82) is 0 Å². The maximum absolute atomic E-state index is 6.56. The summed E-state index contributed by atoms with van der Waals surface area (Å²) in [5.41, 5.74) is 6.46. The zero-order chi connectivity index (χ0) is 28.8. The maximum Gasteiger partial charge on any atom is 0.226 e. The van der Waals surface area contributed by atoms with Gasteiger partial charge in [-0.05, 0) is 84.4 Å². The van der Waals surface area contributed by atoms with Crippen LogP contribution in [0.15, 0.2) is 146 Å². The topological polar surface area (TPSA) is 38.7 Å². The number of benzene rings is 7. The van der Waals surface area contributed by atoms with Crippen molar-refractivity contribution in [3.8, 4) is 45.0 Å². The molecule has 0 atom stereocenters. The third-order valence-corrected chi connectivity index (χ3v) is 8.21. The second kappa shape index (κ2) is 10.5. The highest BCUT2D eigenvalue weighted by molar-refractivity contribution is 6.28. The SMILES string of the molecule is Clc1nc(-c2cccc(-c3cccc4cc(-c5ccccc5)ccc34)c2)nc(-c2cc3ccccc3c3ccccc23)n1. The Morgan fingerprint density at radius 2 is 1.00 bits per heavy atom. The quantitative estimate of drug-likeness (QED) is 0.198. The number of rotatable bonds is 4. The van der Waals surface area contributed by atoms with Gasteiger partial charge in [-0.3, -0.25) is 0 Å². The highest BCUT2D eigenvalue weighted by atomic mass is 35.5. The van der Waals surface area contributed by atoms with E-state index in [1.165, 1.54) is 27.3 Å². The third kappa shape index (κ3) is 4.61. The van der Waals surface area contributed by atoms with E-state index >= 15 is 0 Å². The molecule has 0 fully saturated rings. The molecule has 0 N–H and O–H groups in total. The van der Waals surface area contributed by atoms with E-state index in [0.29, 0.717) is 11.6 Å². The van der Waals surface area contributed by atoms with Crippen molar-refractivity contribution in [3.05, 3.63) is 151 Å². The van der Waals surface area contributed by atoms with Crippen LogP contribution in [-0.2, 0) is 0 Å². The fraction of sp³-hybridized carbons (Fsp3) is 0. The maximum atomic E-state index is 6.56. The van der Waals surface area contributed by atoms with E-state index in [2.05, 4.69) is 125 Å². The van der Waals surface area contributed by atoms with Crippen LogP contribution in [0.5, 0.6) is 0 Å². The zero-order valence-corrected chi connectivity index (χ0v) is 23.8. The van der Waals surface area contributed by atoms with Crippen molar-refractivity contribution in [2.24, 2.45) is 0 Å². The second-order valence-corrected chi connectivity index (χ2v) is 11.0. The summed E-state index contributed by atoms with van der Waals surface area (Å²) in [6.45, 7) is 0. The first-order chi connectivity index (χ1) is 21.2. The van der Waals surface area contributed by atoms with Gasteiger partial charge >= 0.3 is 0 Å². The first-order valence-electron chi connectivity index (χ1n) is 14.2. The molecule has 0 amide bonds. The number of hydrogen-bond donors (Lipinski definition) is 0. The van der Waals surface area contributed by atoms with Crippen LogP contribution in [0, 0.1) is 0 Å². The van der Waals surface area contributed by atoms with Crippen LogP contribution in [0.4, 0.5) is 0 Å². The molecule has 1 aromatic heterocycles. The minimum atomic E-state index is 0.168. The van der Waals surface area contributed by atoms with Gasteiger partial charge in [0.05, 0.1) is 0 Å². The van der Waals surface area contributed by atoms with Crippen molar-refractivity contribution in [1.82, 2.24) is 15.0 Å². The molecule has 43 heavy (non-hydrogen) atoms. The second-order valence-electron chi connectivity index (χ2n) is 10.6. The minimum Gasteiger partial charge on any atom is -0.208 e. The molecule has 0 aliphatic rings. The fourth-order valence-electron chi connectivity index (χ4n) is 6.01. The lowest BCUT2D eigenvalue weighted by Crippen LogP contribution is -1.98. The van der Waals surface area contributed by atoms with Gasteiger partial charge in [-0.2, -0.15) is 9.97 Å². The Bertz CT molecular complexity index is 2310. The largest absolute Gasteiger partial charge is 0.226 e. The van der Waals surface area contributed by atoms with E-state index in [9.17, 15) is 0 Å². The molecular weight excluding hydrogens is 546 g/mol. The highest BCUT2D eigenvalue weighted by Gasteiger charge is 2.15. The Kier molecular flexibility index (Phi) is 6.17. The lowest BCUT2D eigenvalue weighted by atomic mass is 9.94. The van der Waals surface area contributed by atoms with Gasteiger partial charge in [0.15, 0.2) is 11.6 Å². The van der Waals surface area contributed by atoms with Gasteiger partial charge in [0, 0.05) is 11.1 Å². The molecule has 4 heteroatoms. The Labute approximate surface area is 254 Å². The van der Waals surface area contributed by atoms with Crippen molar-refractivity contribution in [2.45, 2.75) is 0 Å². The molecule has 3 nitrogen and oxygen atoms in total. The predicted molar refractivity (Wildman–Crippen MR) is 179 cm³/mol. The van der Waals surface area contributed by atoms with Crippen molar-refractivity contribution in [2.75, 3.05) is 0 Å². The van der Waals surface area contributed by atoms with Crippen LogP contribution >= 0.6 is 11.6 Å². The summed E-state index contributed by atoms with van der Waals surface area (Å²) in [6.07, 6.45) is 0. The summed E-state index contributed by atoms with van der Waals surface area (Å²) in [6, 6.07) is 50.8. The number of aromatic nitrogens is 3. The Hall–Kier alpha value is -5.38. The molecule has 1 heterocycles. The average Bonchev–Trinajstić information content (AvgIpc) is 3.07. The number of fused-ring (bicyclic) bond motifs is 4. The smallest absolute Gasteiger partial charge is 0.208 e. The lowest BCUT2D eigenvalue weighted by molar-refractivity contribution is 1.07. The van der Waals surface area contributed by atoms with Crippen LogP contribution in [0.25, 0.3) is 77.3 Å². The van der Waals surface area contributed by atoms with E-state index in [0.717, 1.165) is 38.4 Å². The van der Waals surface area contributed by atoms with E-state index in [1.54, 1.807) is 0 Å². The first kappa shape index (κ1) is 25.3. The van der Waals surface area contributed by atoms with Gasteiger partial charge in [-0.1, -0.05) is 127 Å². The Balaban J connectivity index is 1.24. The molecule has 0 radical (unpaired) electrons. The normalized spacial score (nSPS) is 11.4.